The Kier molecular flexibility index (Phi) is 5.43. The van der Waals surface area contributed by atoms with Gasteiger partial charge in [0.2, 0.25) is 0 Å². The van der Waals surface area contributed by atoms with E-state index in [1.54, 1.807) is 18.5 Å². The highest BCUT2D eigenvalue weighted by Crippen LogP contribution is 2.25. The van der Waals surface area contributed by atoms with Gasteiger partial charge in [-0.05, 0) is 24.6 Å². The lowest BCUT2D eigenvalue weighted by atomic mass is 10.3. The predicted octanol–water partition coefficient (Wildman–Crippen LogP) is 2.53. The molecule has 0 fully saturated rings. The van der Waals surface area contributed by atoms with Crippen molar-refractivity contribution in [2.24, 2.45) is 0 Å². The molecule has 0 radical (unpaired) electrons. The Hall–Kier alpha value is -3.42. The van der Waals surface area contributed by atoms with Crippen LogP contribution in [0.3, 0.4) is 0 Å². The zero-order chi connectivity index (χ0) is 18.4. The van der Waals surface area contributed by atoms with Gasteiger partial charge in [-0.3, -0.25) is 14.9 Å². The van der Waals surface area contributed by atoms with Gasteiger partial charge in [0.15, 0.2) is 12.4 Å². The summed E-state index contributed by atoms with van der Waals surface area (Å²) in [4.78, 5) is 26.5. The first kappa shape index (κ1) is 17.4. The van der Waals surface area contributed by atoms with Crippen molar-refractivity contribution in [1.29, 1.82) is 0 Å². The molecule has 8 nitrogen and oxygen atoms in total. The van der Waals surface area contributed by atoms with Crippen LogP contribution in [0, 0.1) is 10.1 Å². The van der Waals surface area contributed by atoms with E-state index < -0.39 is 4.92 Å². The highest BCUT2D eigenvalue weighted by molar-refractivity contribution is 5.77. The minimum Gasteiger partial charge on any atom is -0.477 e. The second-order valence-corrected chi connectivity index (χ2v) is 5.64. The summed E-state index contributed by atoms with van der Waals surface area (Å²) < 4.78 is 7.28. The number of nitro benzene ring substituents is 1. The third-order valence-electron chi connectivity index (χ3n) is 3.85. The fraction of sp³-hybridized carbons (Fsp3) is 0.222. The van der Waals surface area contributed by atoms with Gasteiger partial charge in [0.05, 0.1) is 22.3 Å². The molecule has 134 valence electrons. The van der Waals surface area contributed by atoms with Crippen LogP contribution >= 0.6 is 0 Å². The number of nitro groups is 1. The molecule has 1 aromatic heterocycles. The fourth-order valence-corrected chi connectivity index (χ4v) is 2.59. The van der Waals surface area contributed by atoms with Gasteiger partial charge in [-0.2, -0.15) is 0 Å². The monoisotopic (exact) mass is 354 g/mol. The summed E-state index contributed by atoms with van der Waals surface area (Å²) in [5.41, 5.74) is 1.83. The number of hydrogen-bond donors (Lipinski definition) is 1. The second-order valence-electron chi connectivity index (χ2n) is 5.64. The molecule has 0 saturated carbocycles. The maximum Gasteiger partial charge on any atom is 0.310 e. The maximum atomic E-state index is 11.8. The molecule has 1 N–H and O–H groups in total. The molecule has 0 aliphatic rings. The first-order valence-electron chi connectivity index (χ1n) is 8.18. The second kappa shape index (κ2) is 8.11. The molecule has 0 aliphatic carbocycles. The van der Waals surface area contributed by atoms with E-state index >= 15 is 0 Å². The van der Waals surface area contributed by atoms with Gasteiger partial charge >= 0.3 is 5.69 Å². The van der Waals surface area contributed by atoms with Crippen LogP contribution in [0.25, 0.3) is 11.0 Å². The van der Waals surface area contributed by atoms with Gasteiger partial charge in [0, 0.05) is 19.2 Å². The average Bonchev–Trinajstić information content (AvgIpc) is 3.07. The van der Waals surface area contributed by atoms with Crippen molar-refractivity contribution in [3.63, 3.8) is 0 Å². The van der Waals surface area contributed by atoms with Gasteiger partial charge in [-0.1, -0.05) is 24.3 Å². The first-order valence-corrected chi connectivity index (χ1v) is 8.18. The summed E-state index contributed by atoms with van der Waals surface area (Å²) in [6.45, 7) is 0.941. The normalized spacial score (nSPS) is 10.6. The number of nitrogens with zero attached hydrogens (tertiary/aromatic N) is 3. The summed E-state index contributed by atoms with van der Waals surface area (Å²) in [7, 11) is 0. The Morgan fingerprint density at radius 2 is 1.96 bits per heavy atom. The number of para-hydroxylation sites is 4. The largest absolute Gasteiger partial charge is 0.477 e. The first-order chi connectivity index (χ1) is 12.6. The molecule has 0 atom stereocenters. The number of amides is 1. The van der Waals surface area contributed by atoms with E-state index in [2.05, 4.69) is 10.3 Å². The SMILES string of the molecule is O=C(COc1ccccc1[N+](=O)[O-])NCCCn1cnc2ccccc21. The lowest BCUT2D eigenvalue weighted by Gasteiger charge is -2.08. The number of aryl methyl sites for hydroxylation is 1. The summed E-state index contributed by atoms with van der Waals surface area (Å²) in [6.07, 6.45) is 2.52. The molecule has 0 saturated heterocycles. The van der Waals surface area contributed by atoms with Crippen LogP contribution in [0.15, 0.2) is 54.9 Å². The zero-order valence-electron chi connectivity index (χ0n) is 14.0. The van der Waals surface area contributed by atoms with Gasteiger partial charge in [0.1, 0.15) is 0 Å². The van der Waals surface area contributed by atoms with E-state index in [0.29, 0.717) is 6.54 Å². The third-order valence-corrected chi connectivity index (χ3v) is 3.85. The Balaban J connectivity index is 1.43. The molecular formula is C18H18N4O4. The van der Waals surface area contributed by atoms with Crippen LogP contribution in [0.1, 0.15) is 6.42 Å². The van der Waals surface area contributed by atoms with Crippen LogP contribution in [-0.2, 0) is 11.3 Å². The Morgan fingerprint density at radius 3 is 2.81 bits per heavy atom. The molecule has 2 aromatic carbocycles. The van der Waals surface area contributed by atoms with Crippen molar-refractivity contribution in [1.82, 2.24) is 14.9 Å². The van der Waals surface area contributed by atoms with Gasteiger partial charge in [-0.15, -0.1) is 0 Å². The Bertz CT molecular complexity index is 922. The quantitative estimate of drug-likeness (QED) is 0.381. The zero-order valence-corrected chi connectivity index (χ0v) is 14.0. The fourth-order valence-electron chi connectivity index (χ4n) is 2.59. The van der Waals surface area contributed by atoms with E-state index in [4.69, 9.17) is 4.74 Å². The lowest BCUT2D eigenvalue weighted by Crippen LogP contribution is -2.30. The Morgan fingerprint density at radius 1 is 1.19 bits per heavy atom. The molecular weight excluding hydrogens is 336 g/mol. The number of benzene rings is 2. The van der Waals surface area contributed by atoms with E-state index in [1.807, 2.05) is 28.8 Å². The number of aromatic nitrogens is 2. The average molecular weight is 354 g/mol. The summed E-state index contributed by atoms with van der Waals surface area (Å²) in [6, 6.07) is 13.8. The van der Waals surface area contributed by atoms with Crippen molar-refractivity contribution in [2.75, 3.05) is 13.2 Å². The van der Waals surface area contributed by atoms with Crippen molar-refractivity contribution in [3.8, 4) is 5.75 Å². The number of carbonyl (C=O) groups excluding carboxylic acids is 1. The molecule has 3 rings (SSSR count). The van der Waals surface area contributed by atoms with Gasteiger partial charge < -0.3 is 14.6 Å². The third kappa shape index (κ3) is 4.15. The Labute approximate surface area is 149 Å². The molecule has 0 aliphatic heterocycles. The van der Waals surface area contributed by atoms with Gasteiger partial charge in [0.25, 0.3) is 5.91 Å². The molecule has 26 heavy (non-hydrogen) atoms. The van der Waals surface area contributed by atoms with Gasteiger partial charge in [-0.25, -0.2) is 4.98 Å². The molecule has 1 amide bonds. The maximum absolute atomic E-state index is 11.8. The van der Waals surface area contributed by atoms with Crippen molar-refractivity contribution < 1.29 is 14.5 Å². The predicted molar refractivity (Wildman–Crippen MR) is 96.0 cm³/mol. The molecule has 0 bridgehead atoms. The number of ether oxygens (including phenoxy) is 1. The smallest absolute Gasteiger partial charge is 0.310 e. The van der Waals surface area contributed by atoms with Crippen LogP contribution in [-0.4, -0.2) is 33.5 Å². The standard InChI is InChI=1S/C18H18N4O4/c23-18(12-26-17-9-4-3-8-16(17)22(24)25)19-10-5-11-21-13-20-14-6-1-2-7-15(14)21/h1-4,6-9,13H,5,10-12H2,(H,19,23). The van der Waals surface area contributed by atoms with E-state index in [9.17, 15) is 14.9 Å². The van der Waals surface area contributed by atoms with E-state index in [1.165, 1.54) is 12.1 Å². The minimum absolute atomic E-state index is 0.0811. The number of nitrogens with one attached hydrogen (secondary N) is 1. The van der Waals surface area contributed by atoms with Crippen LogP contribution in [0.2, 0.25) is 0 Å². The number of fused-ring (bicyclic) bond motifs is 1. The number of imidazole rings is 1. The highest BCUT2D eigenvalue weighted by Gasteiger charge is 2.14. The van der Waals surface area contributed by atoms with Crippen molar-refractivity contribution >= 4 is 22.6 Å². The molecule has 1 heterocycles. The summed E-state index contributed by atoms with van der Waals surface area (Å²) in [5.74, 6) is -0.240. The number of hydrogen-bond acceptors (Lipinski definition) is 5. The topological polar surface area (TPSA) is 99.3 Å². The van der Waals surface area contributed by atoms with Crippen molar-refractivity contribution in [2.45, 2.75) is 13.0 Å². The number of carbonyl (C=O) groups is 1. The van der Waals surface area contributed by atoms with Crippen LogP contribution in [0.4, 0.5) is 5.69 Å². The van der Waals surface area contributed by atoms with Crippen LogP contribution in [0.5, 0.6) is 5.75 Å². The van der Waals surface area contributed by atoms with E-state index in [-0.39, 0.29) is 24.0 Å². The molecule has 8 heteroatoms. The van der Waals surface area contributed by atoms with Crippen molar-refractivity contribution in [3.05, 3.63) is 65.0 Å². The highest BCUT2D eigenvalue weighted by atomic mass is 16.6. The lowest BCUT2D eigenvalue weighted by molar-refractivity contribution is -0.385. The minimum atomic E-state index is -0.539. The van der Waals surface area contributed by atoms with Crippen LogP contribution < -0.4 is 10.1 Å². The molecule has 3 aromatic rings. The van der Waals surface area contributed by atoms with E-state index in [0.717, 1.165) is 24.0 Å². The number of rotatable bonds is 8. The summed E-state index contributed by atoms with van der Waals surface area (Å²) in [5, 5.41) is 13.6. The molecule has 0 spiro atoms. The molecule has 0 unspecified atom stereocenters. The summed E-state index contributed by atoms with van der Waals surface area (Å²) >= 11 is 0.